The fourth-order valence-electron chi connectivity index (χ4n) is 12.2. The topological polar surface area (TPSA) is 105 Å². The maximum atomic E-state index is 12.9. The number of hydrogen-bond donors (Lipinski definition) is 1. The van der Waals surface area contributed by atoms with Crippen molar-refractivity contribution >= 4 is 17.9 Å². The molecule has 0 aliphatic heterocycles. The first-order valence-electron chi connectivity index (χ1n) is 25.0. The third-order valence-electron chi connectivity index (χ3n) is 15.7. The largest absolute Gasteiger partial charge is 0.462 e. The zero-order chi connectivity index (χ0) is 42.7. The third kappa shape index (κ3) is 15.3. The second-order valence-electron chi connectivity index (χ2n) is 20.5. The van der Waals surface area contributed by atoms with Crippen molar-refractivity contribution in [3.63, 3.8) is 0 Å². The number of esters is 3. The summed E-state index contributed by atoms with van der Waals surface area (Å²) in [6, 6.07) is 0. The summed E-state index contributed by atoms with van der Waals surface area (Å²) in [4.78, 5) is 37.9. The van der Waals surface area contributed by atoms with Crippen LogP contribution in [0.5, 0.6) is 0 Å². The molecule has 9 atom stereocenters. The van der Waals surface area contributed by atoms with Gasteiger partial charge in [-0.15, -0.1) is 0 Å². The van der Waals surface area contributed by atoms with Gasteiger partial charge >= 0.3 is 17.9 Å². The highest BCUT2D eigenvalue weighted by Gasteiger charge is 2.59. The minimum absolute atomic E-state index is 0.0176. The molecule has 7 heteroatoms. The standard InChI is InChI=1S/C52H89NO6/c1-7-8-9-10-11-12-13-14-15-16-17-18-19-20-21-25-49(55)59-43(37-53)38-57-48(54)30-31-50(56)58-42-32-34-51(5)41(36-42)26-27-44-46-29-28-45(40(4)24-22-23-39(2)3)52(46,6)35-33-47(44)51/h14-15,26,39-40,42-47H,7-13,16-25,27-38,53H2,1-6H3/b15-14-/t40-,42?,43?,44?,45-,46?,47?,51+,52-/m1/s1. The Morgan fingerprint density at radius 2 is 1.44 bits per heavy atom. The Balaban J connectivity index is 1.07. The lowest BCUT2D eigenvalue weighted by Gasteiger charge is -2.58. The van der Waals surface area contributed by atoms with Gasteiger partial charge in [0.1, 0.15) is 18.8 Å². The Kier molecular flexibility index (Phi) is 21.6. The van der Waals surface area contributed by atoms with Crippen LogP contribution >= 0.6 is 0 Å². The van der Waals surface area contributed by atoms with E-state index in [1.165, 1.54) is 115 Å². The van der Waals surface area contributed by atoms with Gasteiger partial charge in [0, 0.05) is 19.4 Å². The van der Waals surface area contributed by atoms with Crippen molar-refractivity contribution < 1.29 is 28.6 Å². The summed E-state index contributed by atoms with van der Waals surface area (Å²) in [5, 5.41) is 0. The summed E-state index contributed by atoms with van der Waals surface area (Å²) in [6.07, 6.45) is 35.8. The van der Waals surface area contributed by atoms with Crippen LogP contribution in [-0.2, 0) is 28.6 Å². The lowest BCUT2D eigenvalue weighted by molar-refractivity contribution is -0.160. The van der Waals surface area contributed by atoms with Crippen LogP contribution in [0.25, 0.3) is 0 Å². The molecule has 0 radical (unpaired) electrons. The van der Waals surface area contributed by atoms with Crippen molar-refractivity contribution in [3.05, 3.63) is 23.8 Å². The predicted octanol–water partition coefficient (Wildman–Crippen LogP) is 13.2. The van der Waals surface area contributed by atoms with Gasteiger partial charge in [-0.1, -0.05) is 136 Å². The van der Waals surface area contributed by atoms with Gasteiger partial charge in [-0.3, -0.25) is 14.4 Å². The minimum atomic E-state index is -0.683. The Morgan fingerprint density at radius 1 is 0.763 bits per heavy atom. The molecule has 4 aliphatic rings. The maximum Gasteiger partial charge on any atom is 0.306 e. The van der Waals surface area contributed by atoms with E-state index in [0.29, 0.717) is 11.8 Å². The fourth-order valence-corrected chi connectivity index (χ4v) is 12.2. The molecule has 4 aliphatic carbocycles. The molecule has 4 rings (SSSR count). The first-order valence-corrected chi connectivity index (χ1v) is 25.0. The highest BCUT2D eigenvalue weighted by molar-refractivity contribution is 5.77. The van der Waals surface area contributed by atoms with Gasteiger partial charge in [0.25, 0.3) is 0 Å². The highest BCUT2D eigenvalue weighted by atomic mass is 16.6. The van der Waals surface area contributed by atoms with Crippen LogP contribution in [-0.4, -0.2) is 43.3 Å². The zero-order valence-corrected chi connectivity index (χ0v) is 38.9. The Morgan fingerprint density at radius 3 is 2.14 bits per heavy atom. The molecule has 7 nitrogen and oxygen atoms in total. The predicted molar refractivity (Wildman–Crippen MR) is 242 cm³/mol. The Labute approximate surface area is 361 Å². The summed E-state index contributed by atoms with van der Waals surface area (Å²) in [7, 11) is 0. The summed E-state index contributed by atoms with van der Waals surface area (Å²) in [5.41, 5.74) is 8.01. The van der Waals surface area contributed by atoms with Crippen molar-refractivity contribution in [1.82, 2.24) is 0 Å². The molecule has 5 unspecified atom stereocenters. The first-order chi connectivity index (χ1) is 28.4. The van der Waals surface area contributed by atoms with Crippen molar-refractivity contribution in [2.75, 3.05) is 13.2 Å². The number of rotatable bonds is 28. The molecule has 0 saturated heterocycles. The molecule has 0 amide bonds. The Bertz CT molecular complexity index is 1320. The van der Waals surface area contributed by atoms with Gasteiger partial charge in [0.2, 0.25) is 0 Å². The first kappa shape index (κ1) is 49.5. The van der Waals surface area contributed by atoms with Crippen molar-refractivity contribution in [3.8, 4) is 0 Å². The molecule has 59 heavy (non-hydrogen) atoms. The van der Waals surface area contributed by atoms with E-state index in [-0.39, 0.29) is 49.5 Å². The molecule has 3 fully saturated rings. The maximum absolute atomic E-state index is 12.9. The normalized spacial score (nSPS) is 28.7. The molecule has 0 heterocycles. The van der Waals surface area contributed by atoms with Crippen LogP contribution in [0.15, 0.2) is 23.8 Å². The van der Waals surface area contributed by atoms with Gasteiger partial charge in [-0.25, -0.2) is 0 Å². The highest BCUT2D eigenvalue weighted by Crippen LogP contribution is 2.67. The van der Waals surface area contributed by atoms with E-state index in [9.17, 15) is 14.4 Å². The fraction of sp³-hybridized carbons (Fsp3) is 0.865. The molecule has 0 spiro atoms. The average Bonchev–Trinajstić information content (AvgIpc) is 3.57. The second-order valence-corrected chi connectivity index (χ2v) is 20.5. The van der Waals surface area contributed by atoms with Crippen LogP contribution in [0.3, 0.4) is 0 Å². The number of unbranched alkanes of at least 4 members (excludes halogenated alkanes) is 11. The van der Waals surface area contributed by atoms with Crippen LogP contribution in [0, 0.1) is 46.3 Å². The van der Waals surface area contributed by atoms with Crippen molar-refractivity contribution in [2.45, 2.75) is 227 Å². The molecule has 0 aromatic rings. The number of ether oxygens (including phenoxy) is 3. The summed E-state index contributed by atoms with van der Waals surface area (Å²) >= 11 is 0. The second kappa shape index (κ2) is 25.7. The van der Waals surface area contributed by atoms with E-state index in [4.69, 9.17) is 19.9 Å². The van der Waals surface area contributed by atoms with Gasteiger partial charge in [0.15, 0.2) is 0 Å². The van der Waals surface area contributed by atoms with Gasteiger partial charge in [-0.2, -0.15) is 0 Å². The summed E-state index contributed by atoms with van der Waals surface area (Å²) < 4.78 is 16.8. The number of fused-ring (bicyclic) bond motifs is 5. The van der Waals surface area contributed by atoms with E-state index in [1.54, 1.807) is 0 Å². The smallest absolute Gasteiger partial charge is 0.306 e. The van der Waals surface area contributed by atoms with Crippen molar-refractivity contribution in [1.29, 1.82) is 0 Å². The van der Waals surface area contributed by atoms with E-state index in [0.717, 1.165) is 80.5 Å². The van der Waals surface area contributed by atoms with E-state index in [1.807, 2.05) is 0 Å². The van der Waals surface area contributed by atoms with Crippen LogP contribution in [0.4, 0.5) is 0 Å². The minimum Gasteiger partial charge on any atom is -0.462 e. The number of carbonyl (C=O) groups excluding carboxylic acids is 3. The molecular formula is C52H89NO6. The lowest BCUT2D eigenvalue weighted by atomic mass is 9.47. The number of carbonyl (C=O) groups is 3. The number of nitrogens with two attached hydrogens (primary N) is 1. The molecule has 3 saturated carbocycles. The summed E-state index contributed by atoms with van der Waals surface area (Å²) in [6.45, 7) is 14.7. The average molecular weight is 824 g/mol. The molecule has 2 N–H and O–H groups in total. The lowest BCUT2D eigenvalue weighted by Crippen LogP contribution is -2.51. The number of hydrogen-bond acceptors (Lipinski definition) is 7. The molecular weight excluding hydrogens is 735 g/mol. The van der Waals surface area contributed by atoms with Crippen molar-refractivity contribution in [2.24, 2.45) is 52.1 Å². The van der Waals surface area contributed by atoms with Crippen LogP contribution < -0.4 is 5.73 Å². The SMILES string of the molecule is CCCCCCCC/C=C\CCCCCCCC(=O)OC(CN)COC(=O)CCC(=O)OC1CC[C@@]2(C)C(=CCC3C2CC[C@@]2(C)C3CC[C@@H]2[C@H](C)CCCC(C)C)C1. The van der Waals surface area contributed by atoms with E-state index in [2.05, 4.69) is 59.8 Å². The third-order valence-corrected chi connectivity index (χ3v) is 15.7. The zero-order valence-electron chi connectivity index (χ0n) is 38.9. The molecule has 338 valence electrons. The van der Waals surface area contributed by atoms with Gasteiger partial charge in [0.05, 0.1) is 12.8 Å². The van der Waals surface area contributed by atoms with E-state index >= 15 is 0 Å². The molecule has 0 aromatic carbocycles. The quantitative estimate of drug-likeness (QED) is 0.0362. The molecule has 0 bridgehead atoms. The van der Waals surface area contributed by atoms with Crippen LogP contribution in [0.1, 0.15) is 215 Å². The summed E-state index contributed by atoms with van der Waals surface area (Å²) in [5.74, 6) is 3.66. The monoisotopic (exact) mass is 824 g/mol. The Hall–Kier alpha value is -2.15. The van der Waals surface area contributed by atoms with E-state index < -0.39 is 12.1 Å². The van der Waals surface area contributed by atoms with Gasteiger partial charge in [-0.05, 0) is 123 Å². The molecule has 0 aromatic heterocycles. The number of allylic oxidation sites excluding steroid dienone is 3. The van der Waals surface area contributed by atoms with Gasteiger partial charge < -0.3 is 19.9 Å². The van der Waals surface area contributed by atoms with Crippen LogP contribution in [0.2, 0.25) is 0 Å².